The highest BCUT2D eigenvalue weighted by molar-refractivity contribution is 9.10. The summed E-state index contributed by atoms with van der Waals surface area (Å²) in [5.74, 6) is -0.275. The highest BCUT2D eigenvalue weighted by Crippen LogP contribution is 2.30. The summed E-state index contributed by atoms with van der Waals surface area (Å²) in [6, 6.07) is 12.6. The Morgan fingerprint density at radius 2 is 1.93 bits per heavy atom. The first-order valence-electron chi connectivity index (χ1n) is 8.31. The van der Waals surface area contributed by atoms with E-state index in [2.05, 4.69) is 26.0 Å². The molecular formula is C19H18BrN3O5S. The van der Waals surface area contributed by atoms with Crippen LogP contribution in [0.1, 0.15) is 6.92 Å². The van der Waals surface area contributed by atoms with Crippen molar-refractivity contribution >= 4 is 43.3 Å². The second-order valence-corrected chi connectivity index (χ2v) is 8.02. The summed E-state index contributed by atoms with van der Waals surface area (Å²) in [7, 11) is -2.43. The van der Waals surface area contributed by atoms with Crippen molar-refractivity contribution in [2.75, 3.05) is 23.8 Å². The minimum atomic E-state index is -3.91. The van der Waals surface area contributed by atoms with Crippen LogP contribution in [0.25, 0.3) is 0 Å². The van der Waals surface area contributed by atoms with E-state index in [1.165, 1.54) is 25.3 Å². The van der Waals surface area contributed by atoms with Gasteiger partial charge in [-0.25, -0.2) is 13.2 Å². The fourth-order valence-corrected chi connectivity index (χ4v) is 4.01. The number of anilines is 2. The van der Waals surface area contributed by atoms with Gasteiger partial charge in [-0.1, -0.05) is 12.1 Å². The van der Waals surface area contributed by atoms with Crippen LogP contribution in [0.3, 0.4) is 0 Å². The molecular weight excluding hydrogens is 462 g/mol. The number of nitrogens with zero attached hydrogens (tertiary/aromatic N) is 1. The van der Waals surface area contributed by atoms with E-state index >= 15 is 0 Å². The lowest BCUT2D eigenvalue weighted by Crippen LogP contribution is -2.14. The van der Waals surface area contributed by atoms with Crippen LogP contribution in [-0.2, 0) is 19.6 Å². The van der Waals surface area contributed by atoms with E-state index in [0.29, 0.717) is 15.9 Å². The Balaban J connectivity index is 2.30. The van der Waals surface area contributed by atoms with Crippen LogP contribution in [-0.4, -0.2) is 28.1 Å². The Morgan fingerprint density at radius 3 is 2.52 bits per heavy atom. The predicted octanol–water partition coefficient (Wildman–Crippen LogP) is 3.64. The lowest BCUT2D eigenvalue weighted by atomic mass is 10.2. The van der Waals surface area contributed by atoms with Gasteiger partial charge in [-0.2, -0.15) is 5.26 Å². The minimum Gasteiger partial charge on any atom is -0.496 e. The largest absolute Gasteiger partial charge is 0.496 e. The Labute approximate surface area is 177 Å². The standard InChI is InChI=1S/C19H18BrN3O5S/c1-3-28-19(24)13(11-21)12-22-16-6-4-5-7-17(16)23-29(25,26)14-8-9-18(27-2)15(20)10-14/h4-10,12,22-23H,3H2,1-2H3/b13-12+. The van der Waals surface area contributed by atoms with Crippen molar-refractivity contribution in [3.05, 3.63) is 58.7 Å². The summed E-state index contributed by atoms with van der Waals surface area (Å²) in [4.78, 5) is 11.7. The molecule has 2 aromatic rings. The topological polar surface area (TPSA) is 118 Å². The number of carbonyl (C=O) groups excluding carboxylic acids is 1. The normalized spacial score (nSPS) is 11.3. The van der Waals surface area contributed by atoms with Crippen LogP contribution >= 0.6 is 15.9 Å². The molecule has 0 spiro atoms. The van der Waals surface area contributed by atoms with Gasteiger partial charge in [0.15, 0.2) is 5.57 Å². The molecule has 0 bridgehead atoms. The van der Waals surface area contributed by atoms with Crippen LogP contribution in [0.4, 0.5) is 11.4 Å². The van der Waals surface area contributed by atoms with E-state index in [9.17, 15) is 13.2 Å². The van der Waals surface area contributed by atoms with Crippen LogP contribution in [0.2, 0.25) is 0 Å². The van der Waals surface area contributed by atoms with E-state index in [0.717, 1.165) is 6.20 Å². The maximum Gasteiger partial charge on any atom is 0.350 e. The summed E-state index contributed by atoms with van der Waals surface area (Å²) < 4.78 is 38.4. The van der Waals surface area contributed by atoms with E-state index in [1.807, 2.05) is 0 Å². The Bertz CT molecular complexity index is 1080. The number of para-hydroxylation sites is 2. The van der Waals surface area contributed by atoms with Gasteiger partial charge < -0.3 is 14.8 Å². The van der Waals surface area contributed by atoms with E-state index < -0.39 is 16.0 Å². The van der Waals surface area contributed by atoms with Gasteiger partial charge in [0.25, 0.3) is 10.0 Å². The van der Waals surface area contributed by atoms with Gasteiger partial charge in [-0.15, -0.1) is 0 Å². The molecule has 0 aromatic heterocycles. The summed E-state index contributed by atoms with van der Waals surface area (Å²) >= 11 is 3.26. The third-order valence-electron chi connectivity index (χ3n) is 3.59. The maximum absolute atomic E-state index is 12.8. The number of methoxy groups -OCH3 is 1. The average Bonchev–Trinajstić information content (AvgIpc) is 2.69. The molecule has 0 unspecified atom stereocenters. The van der Waals surface area contributed by atoms with E-state index in [-0.39, 0.29) is 22.8 Å². The molecule has 29 heavy (non-hydrogen) atoms. The molecule has 152 valence electrons. The maximum atomic E-state index is 12.8. The molecule has 0 amide bonds. The molecule has 10 heteroatoms. The van der Waals surface area contributed by atoms with Gasteiger partial charge in [-0.05, 0) is 53.2 Å². The number of rotatable bonds is 8. The van der Waals surface area contributed by atoms with Crippen molar-refractivity contribution in [1.82, 2.24) is 0 Å². The summed E-state index contributed by atoms with van der Waals surface area (Å²) in [5.41, 5.74) is 0.334. The molecule has 0 aliphatic rings. The second-order valence-electron chi connectivity index (χ2n) is 5.48. The number of nitriles is 1. The molecule has 0 aliphatic heterocycles. The Morgan fingerprint density at radius 1 is 1.24 bits per heavy atom. The molecule has 0 fully saturated rings. The number of sulfonamides is 1. The van der Waals surface area contributed by atoms with Gasteiger partial charge in [0, 0.05) is 6.20 Å². The molecule has 0 heterocycles. The quantitative estimate of drug-likeness (QED) is 0.337. The summed E-state index contributed by atoms with van der Waals surface area (Å²) in [5, 5.41) is 11.9. The van der Waals surface area contributed by atoms with Crippen molar-refractivity contribution in [2.45, 2.75) is 11.8 Å². The van der Waals surface area contributed by atoms with Crippen LogP contribution in [0.15, 0.2) is 63.6 Å². The van der Waals surface area contributed by atoms with Gasteiger partial charge in [0.05, 0.1) is 34.5 Å². The van der Waals surface area contributed by atoms with Crippen molar-refractivity contribution in [2.24, 2.45) is 0 Å². The fourth-order valence-electron chi connectivity index (χ4n) is 2.21. The third-order valence-corrected chi connectivity index (χ3v) is 5.58. The molecule has 2 aromatic carbocycles. The number of nitrogens with one attached hydrogen (secondary N) is 2. The van der Waals surface area contributed by atoms with Crippen molar-refractivity contribution < 1.29 is 22.7 Å². The smallest absolute Gasteiger partial charge is 0.350 e. The average molecular weight is 480 g/mol. The molecule has 0 saturated carbocycles. The number of benzene rings is 2. The Hall–Kier alpha value is -3.03. The number of esters is 1. The second kappa shape index (κ2) is 9.95. The first kappa shape index (κ1) is 22.3. The molecule has 0 radical (unpaired) electrons. The fraction of sp³-hybridized carbons (Fsp3) is 0.158. The number of ether oxygens (including phenoxy) is 2. The van der Waals surface area contributed by atoms with E-state index in [1.54, 1.807) is 37.3 Å². The van der Waals surface area contributed by atoms with Crippen LogP contribution in [0, 0.1) is 11.3 Å². The van der Waals surface area contributed by atoms with Crippen molar-refractivity contribution in [1.29, 1.82) is 5.26 Å². The predicted molar refractivity (Wildman–Crippen MR) is 112 cm³/mol. The number of halogens is 1. The van der Waals surface area contributed by atoms with E-state index in [4.69, 9.17) is 14.7 Å². The molecule has 2 N–H and O–H groups in total. The zero-order valence-electron chi connectivity index (χ0n) is 15.6. The third kappa shape index (κ3) is 5.73. The molecule has 0 atom stereocenters. The monoisotopic (exact) mass is 479 g/mol. The lowest BCUT2D eigenvalue weighted by Gasteiger charge is -2.13. The highest BCUT2D eigenvalue weighted by Gasteiger charge is 2.18. The minimum absolute atomic E-state index is 0.0276. The zero-order valence-corrected chi connectivity index (χ0v) is 18.0. The molecule has 2 rings (SSSR count). The summed E-state index contributed by atoms with van der Waals surface area (Å²) in [6.07, 6.45) is 1.16. The van der Waals surface area contributed by atoms with Gasteiger partial charge >= 0.3 is 5.97 Å². The van der Waals surface area contributed by atoms with Crippen molar-refractivity contribution in [3.63, 3.8) is 0 Å². The molecule has 0 saturated heterocycles. The first-order valence-corrected chi connectivity index (χ1v) is 10.6. The Kier molecular flexibility index (Phi) is 7.64. The SMILES string of the molecule is CCOC(=O)/C(C#N)=C/Nc1ccccc1NS(=O)(=O)c1ccc(OC)c(Br)c1. The highest BCUT2D eigenvalue weighted by atomic mass is 79.9. The zero-order chi connectivity index (χ0) is 21.4. The first-order chi connectivity index (χ1) is 13.8. The van der Waals surface area contributed by atoms with Crippen LogP contribution in [0.5, 0.6) is 5.75 Å². The van der Waals surface area contributed by atoms with Crippen LogP contribution < -0.4 is 14.8 Å². The van der Waals surface area contributed by atoms with Gasteiger partial charge in [0.1, 0.15) is 11.8 Å². The number of carbonyl (C=O) groups is 1. The van der Waals surface area contributed by atoms with Gasteiger partial charge in [-0.3, -0.25) is 4.72 Å². The van der Waals surface area contributed by atoms with Gasteiger partial charge in [0.2, 0.25) is 0 Å². The number of hydrogen-bond acceptors (Lipinski definition) is 7. The lowest BCUT2D eigenvalue weighted by molar-refractivity contribution is -0.138. The molecule has 0 aliphatic carbocycles. The summed E-state index contributed by atoms with van der Waals surface area (Å²) in [6.45, 7) is 1.76. The number of hydrogen-bond donors (Lipinski definition) is 2. The van der Waals surface area contributed by atoms with Crippen molar-refractivity contribution in [3.8, 4) is 11.8 Å². The molecule has 8 nitrogen and oxygen atoms in total.